The number of ether oxygens (including phenoxy) is 2. The smallest absolute Gasteiger partial charge is 0.409 e. The first kappa shape index (κ1) is 18.8. The average molecular weight is 384 g/mol. The minimum atomic E-state index is -0.284. The van der Waals surface area contributed by atoms with Gasteiger partial charge in [0.2, 0.25) is 0 Å². The van der Waals surface area contributed by atoms with Gasteiger partial charge in [-0.1, -0.05) is 17.7 Å². The van der Waals surface area contributed by atoms with Crippen LogP contribution in [0.25, 0.3) is 0 Å². The Balaban J connectivity index is 1.73. The lowest BCUT2D eigenvalue weighted by Crippen LogP contribution is -2.37. The molecule has 1 aromatic heterocycles. The van der Waals surface area contributed by atoms with Gasteiger partial charge in [0.1, 0.15) is 0 Å². The molecule has 0 saturated carbocycles. The lowest BCUT2D eigenvalue weighted by Gasteiger charge is -2.29. The Morgan fingerprint density at radius 3 is 2.64 bits per heavy atom. The maximum Gasteiger partial charge on any atom is 0.409 e. The van der Waals surface area contributed by atoms with Gasteiger partial charge in [-0.3, -0.25) is 4.68 Å². The number of benzene rings is 1. The zero-order valence-corrected chi connectivity index (χ0v) is 16.9. The number of carbonyl (C=O) groups excluding carboxylic acids is 1. The van der Waals surface area contributed by atoms with Crippen molar-refractivity contribution in [3.05, 3.63) is 41.1 Å². The van der Waals surface area contributed by atoms with Crippen molar-refractivity contribution in [2.45, 2.75) is 38.8 Å². The van der Waals surface area contributed by atoms with Crippen LogP contribution in [0.3, 0.4) is 0 Å². The van der Waals surface area contributed by atoms with Gasteiger partial charge in [-0.05, 0) is 31.9 Å². The van der Waals surface area contributed by atoms with Crippen LogP contribution in [0, 0.1) is 6.92 Å². The monoisotopic (exact) mass is 384 g/mol. The van der Waals surface area contributed by atoms with E-state index in [1.807, 2.05) is 7.05 Å². The van der Waals surface area contributed by atoms with Crippen LogP contribution in [-0.4, -0.2) is 54.7 Å². The lowest BCUT2D eigenvalue weighted by atomic mass is 10.0. The standard InChI is InChI=1S/C21H28N4O3/c1-15-4-6-16(7-5-15)23(2)20-18-14-24(21(26)27-3)11-8-19(18)25(22-20)17-9-12-28-13-10-17/h4-7,17H,8-14H2,1-3H3. The van der Waals surface area contributed by atoms with Gasteiger partial charge in [0.05, 0.1) is 19.7 Å². The molecule has 1 saturated heterocycles. The fourth-order valence-corrected chi connectivity index (χ4v) is 4.11. The van der Waals surface area contributed by atoms with E-state index in [9.17, 15) is 4.79 Å². The van der Waals surface area contributed by atoms with Crippen LogP contribution in [0.15, 0.2) is 24.3 Å². The Bertz CT molecular complexity index is 840. The number of rotatable bonds is 3. The van der Waals surface area contributed by atoms with Crippen LogP contribution < -0.4 is 4.90 Å². The van der Waals surface area contributed by atoms with E-state index in [0.29, 0.717) is 19.1 Å². The van der Waals surface area contributed by atoms with Crippen molar-refractivity contribution < 1.29 is 14.3 Å². The summed E-state index contributed by atoms with van der Waals surface area (Å²) < 4.78 is 12.7. The first-order valence-electron chi connectivity index (χ1n) is 9.89. The Kier molecular flexibility index (Phi) is 5.26. The van der Waals surface area contributed by atoms with Crippen molar-refractivity contribution in [2.75, 3.05) is 38.8 Å². The van der Waals surface area contributed by atoms with E-state index in [4.69, 9.17) is 14.6 Å². The van der Waals surface area contributed by atoms with Crippen molar-refractivity contribution >= 4 is 17.6 Å². The zero-order valence-electron chi connectivity index (χ0n) is 16.9. The van der Waals surface area contributed by atoms with E-state index in [-0.39, 0.29) is 6.09 Å². The molecular formula is C21H28N4O3. The summed E-state index contributed by atoms with van der Waals surface area (Å²) in [6.07, 6.45) is 2.45. The summed E-state index contributed by atoms with van der Waals surface area (Å²) >= 11 is 0. The molecule has 0 unspecified atom stereocenters. The fraction of sp³-hybridized carbons (Fsp3) is 0.524. The van der Waals surface area contributed by atoms with Crippen LogP contribution in [0.5, 0.6) is 0 Å². The van der Waals surface area contributed by atoms with E-state index < -0.39 is 0 Å². The van der Waals surface area contributed by atoms with Gasteiger partial charge >= 0.3 is 6.09 Å². The van der Waals surface area contributed by atoms with Gasteiger partial charge in [0, 0.05) is 50.2 Å². The number of aromatic nitrogens is 2. The summed E-state index contributed by atoms with van der Waals surface area (Å²) in [4.78, 5) is 16.0. The number of carbonyl (C=O) groups is 1. The number of anilines is 2. The molecular weight excluding hydrogens is 356 g/mol. The molecule has 7 nitrogen and oxygen atoms in total. The second-order valence-corrected chi connectivity index (χ2v) is 7.57. The van der Waals surface area contributed by atoms with Crippen LogP contribution in [0.1, 0.15) is 35.7 Å². The van der Waals surface area contributed by atoms with Gasteiger partial charge in [-0.2, -0.15) is 5.10 Å². The number of amides is 1. The molecule has 0 N–H and O–H groups in total. The normalized spacial score (nSPS) is 17.3. The summed E-state index contributed by atoms with van der Waals surface area (Å²) in [6, 6.07) is 8.78. The molecule has 1 aromatic carbocycles. The van der Waals surface area contributed by atoms with Crippen molar-refractivity contribution in [1.82, 2.24) is 14.7 Å². The third-order valence-corrected chi connectivity index (χ3v) is 5.77. The Morgan fingerprint density at radius 2 is 1.96 bits per heavy atom. The summed E-state index contributed by atoms with van der Waals surface area (Å²) in [5.41, 5.74) is 4.66. The molecule has 7 heteroatoms. The molecule has 2 aliphatic rings. The van der Waals surface area contributed by atoms with Gasteiger partial charge in [-0.15, -0.1) is 0 Å². The van der Waals surface area contributed by atoms with Crippen LogP contribution >= 0.6 is 0 Å². The molecule has 0 atom stereocenters. The Morgan fingerprint density at radius 1 is 1.25 bits per heavy atom. The zero-order chi connectivity index (χ0) is 19.7. The minimum Gasteiger partial charge on any atom is -0.453 e. The van der Waals surface area contributed by atoms with Crippen molar-refractivity contribution in [3.63, 3.8) is 0 Å². The largest absolute Gasteiger partial charge is 0.453 e. The second-order valence-electron chi connectivity index (χ2n) is 7.57. The van der Waals surface area contributed by atoms with Gasteiger partial charge in [-0.25, -0.2) is 4.79 Å². The van der Waals surface area contributed by atoms with E-state index in [2.05, 4.69) is 40.8 Å². The maximum atomic E-state index is 12.1. The molecule has 4 rings (SSSR count). The quantitative estimate of drug-likeness (QED) is 0.811. The van der Waals surface area contributed by atoms with Gasteiger partial charge in [0.25, 0.3) is 0 Å². The van der Waals surface area contributed by atoms with Crippen molar-refractivity contribution in [2.24, 2.45) is 0 Å². The number of hydrogen-bond donors (Lipinski definition) is 0. The number of methoxy groups -OCH3 is 1. The third kappa shape index (κ3) is 3.46. The molecule has 0 spiro atoms. The number of aryl methyl sites for hydroxylation is 1. The highest BCUT2D eigenvalue weighted by atomic mass is 16.5. The summed E-state index contributed by atoms with van der Waals surface area (Å²) in [5, 5.41) is 5.04. The van der Waals surface area contributed by atoms with Crippen LogP contribution in [0.4, 0.5) is 16.3 Å². The van der Waals surface area contributed by atoms with E-state index in [0.717, 1.165) is 49.5 Å². The van der Waals surface area contributed by atoms with Gasteiger partial charge in [0.15, 0.2) is 5.82 Å². The number of nitrogens with zero attached hydrogens (tertiary/aromatic N) is 4. The van der Waals surface area contributed by atoms with Gasteiger partial charge < -0.3 is 19.3 Å². The number of fused-ring (bicyclic) bond motifs is 1. The molecule has 3 heterocycles. The summed E-state index contributed by atoms with van der Waals surface area (Å²) in [6.45, 7) is 4.81. The Labute approximate surface area is 165 Å². The van der Waals surface area contributed by atoms with E-state index in [1.165, 1.54) is 18.4 Å². The predicted molar refractivity (Wildman–Crippen MR) is 107 cm³/mol. The average Bonchev–Trinajstić information content (AvgIpc) is 3.12. The highest BCUT2D eigenvalue weighted by Crippen LogP contribution is 2.35. The molecule has 1 fully saturated rings. The molecule has 1 amide bonds. The molecule has 0 radical (unpaired) electrons. The first-order valence-corrected chi connectivity index (χ1v) is 9.89. The molecule has 0 aliphatic carbocycles. The van der Waals surface area contributed by atoms with Crippen molar-refractivity contribution in [1.29, 1.82) is 0 Å². The minimum absolute atomic E-state index is 0.284. The first-order chi connectivity index (χ1) is 13.6. The molecule has 2 aliphatic heterocycles. The molecule has 2 aromatic rings. The molecule has 150 valence electrons. The third-order valence-electron chi connectivity index (χ3n) is 5.77. The highest BCUT2D eigenvalue weighted by molar-refractivity contribution is 5.70. The van der Waals surface area contributed by atoms with E-state index >= 15 is 0 Å². The van der Waals surface area contributed by atoms with Crippen molar-refractivity contribution in [3.8, 4) is 0 Å². The Hall–Kier alpha value is -2.54. The maximum absolute atomic E-state index is 12.1. The predicted octanol–water partition coefficient (Wildman–Crippen LogP) is 3.44. The second kappa shape index (κ2) is 7.83. The number of hydrogen-bond acceptors (Lipinski definition) is 5. The SMILES string of the molecule is COC(=O)N1CCc2c(c(N(C)c3ccc(C)cc3)nn2C2CCOCC2)C1. The van der Waals surface area contributed by atoms with Crippen LogP contribution in [-0.2, 0) is 22.4 Å². The topological polar surface area (TPSA) is 59.8 Å². The summed E-state index contributed by atoms with van der Waals surface area (Å²) in [7, 11) is 3.47. The fourth-order valence-electron chi connectivity index (χ4n) is 4.11. The lowest BCUT2D eigenvalue weighted by molar-refractivity contribution is 0.0649. The molecule has 0 bridgehead atoms. The summed E-state index contributed by atoms with van der Waals surface area (Å²) in [5.74, 6) is 0.916. The van der Waals surface area contributed by atoms with Crippen LogP contribution in [0.2, 0.25) is 0 Å². The van der Waals surface area contributed by atoms with E-state index in [1.54, 1.807) is 4.90 Å². The highest BCUT2D eigenvalue weighted by Gasteiger charge is 2.32. The molecule has 28 heavy (non-hydrogen) atoms.